The summed E-state index contributed by atoms with van der Waals surface area (Å²) in [6, 6.07) is 6.32. The van der Waals surface area contributed by atoms with E-state index in [-0.39, 0.29) is 0 Å². The molecule has 0 fully saturated rings. The monoisotopic (exact) mass is 190 g/mol. The maximum Gasteiger partial charge on any atom is 0.0392 e. The summed E-state index contributed by atoms with van der Waals surface area (Å²) in [6.07, 6.45) is 2.87. The smallest absolute Gasteiger partial charge is 0.0392 e. The van der Waals surface area contributed by atoms with Crippen molar-refractivity contribution >= 4 is 11.4 Å². The molecule has 1 aromatic carbocycles. The molecular formula is C12H18N2. The molecule has 0 aliphatic heterocycles. The Morgan fingerprint density at radius 2 is 2.29 bits per heavy atom. The topological polar surface area (TPSA) is 38.0 Å². The molecule has 76 valence electrons. The average Bonchev–Trinajstić information content (AvgIpc) is 2.13. The van der Waals surface area contributed by atoms with Crippen LogP contribution in [0, 0.1) is 6.92 Å². The van der Waals surface area contributed by atoms with Crippen LogP contribution in [0.1, 0.15) is 18.9 Å². The van der Waals surface area contributed by atoms with Gasteiger partial charge in [-0.25, -0.2) is 0 Å². The van der Waals surface area contributed by atoms with Crippen LogP contribution in [0.3, 0.4) is 0 Å². The minimum absolute atomic E-state index is 0.396. The van der Waals surface area contributed by atoms with E-state index in [4.69, 9.17) is 5.73 Å². The van der Waals surface area contributed by atoms with Crippen LogP contribution in [0.5, 0.6) is 0 Å². The van der Waals surface area contributed by atoms with Gasteiger partial charge in [0.1, 0.15) is 0 Å². The van der Waals surface area contributed by atoms with Gasteiger partial charge >= 0.3 is 0 Å². The number of rotatable bonds is 4. The summed E-state index contributed by atoms with van der Waals surface area (Å²) in [5.41, 5.74) is 8.87. The fourth-order valence-electron chi connectivity index (χ4n) is 1.38. The molecule has 1 atom stereocenters. The third kappa shape index (κ3) is 2.52. The van der Waals surface area contributed by atoms with Crippen molar-refractivity contribution in [2.24, 2.45) is 0 Å². The molecule has 0 amide bonds. The Balaban J connectivity index is 2.76. The zero-order valence-corrected chi connectivity index (χ0v) is 8.88. The van der Waals surface area contributed by atoms with Crippen LogP contribution in [-0.2, 0) is 0 Å². The van der Waals surface area contributed by atoms with Crippen LogP contribution in [0.4, 0.5) is 11.4 Å². The normalized spacial score (nSPS) is 12.1. The molecule has 0 bridgehead atoms. The van der Waals surface area contributed by atoms with Gasteiger partial charge in [0.25, 0.3) is 0 Å². The van der Waals surface area contributed by atoms with Crippen molar-refractivity contribution in [3.63, 3.8) is 0 Å². The highest BCUT2D eigenvalue weighted by Crippen LogP contribution is 2.21. The highest BCUT2D eigenvalue weighted by molar-refractivity contribution is 5.63. The van der Waals surface area contributed by atoms with Crippen LogP contribution >= 0.6 is 0 Å². The molecule has 0 aromatic heterocycles. The van der Waals surface area contributed by atoms with Crippen molar-refractivity contribution in [3.8, 4) is 0 Å². The fourth-order valence-corrected chi connectivity index (χ4v) is 1.38. The standard InChI is InChI=1S/C12H18N2/c1-4-6-9(2)14-12-8-5-7-11(13)10(12)3/h4-5,7-9,14H,1,6,13H2,2-3H3. The van der Waals surface area contributed by atoms with E-state index < -0.39 is 0 Å². The molecule has 0 saturated heterocycles. The van der Waals surface area contributed by atoms with Gasteiger partial charge in [-0.1, -0.05) is 12.1 Å². The van der Waals surface area contributed by atoms with Crippen molar-refractivity contribution in [2.45, 2.75) is 26.3 Å². The largest absolute Gasteiger partial charge is 0.398 e. The Hall–Kier alpha value is -1.44. The van der Waals surface area contributed by atoms with E-state index in [1.807, 2.05) is 31.2 Å². The van der Waals surface area contributed by atoms with E-state index in [1.165, 1.54) is 0 Å². The highest BCUT2D eigenvalue weighted by atomic mass is 14.9. The molecule has 0 heterocycles. The maximum atomic E-state index is 5.81. The summed E-state index contributed by atoms with van der Waals surface area (Å²) < 4.78 is 0. The summed E-state index contributed by atoms with van der Waals surface area (Å²) in [5.74, 6) is 0. The predicted molar refractivity (Wildman–Crippen MR) is 63.5 cm³/mol. The van der Waals surface area contributed by atoms with Crippen molar-refractivity contribution in [2.75, 3.05) is 11.1 Å². The van der Waals surface area contributed by atoms with Crippen LogP contribution in [-0.4, -0.2) is 6.04 Å². The van der Waals surface area contributed by atoms with E-state index >= 15 is 0 Å². The first-order valence-corrected chi connectivity index (χ1v) is 4.87. The zero-order valence-electron chi connectivity index (χ0n) is 8.88. The molecule has 0 radical (unpaired) electrons. The molecule has 0 aliphatic carbocycles. The third-order valence-electron chi connectivity index (χ3n) is 2.30. The Morgan fingerprint density at radius 1 is 1.57 bits per heavy atom. The Labute approximate surface area is 85.8 Å². The molecular weight excluding hydrogens is 172 g/mol. The molecule has 2 nitrogen and oxygen atoms in total. The van der Waals surface area contributed by atoms with Crippen LogP contribution in [0.25, 0.3) is 0 Å². The lowest BCUT2D eigenvalue weighted by atomic mass is 10.1. The number of hydrogen-bond donors (Lipinski definition) is 2. The molecule has 0 aliphatic rings. The average molecular weight is 190 g/mol. The Morgan fingerprint density at radius 3 is 2.93 bits per heavy atom. The summed E-state index contributed by atoms with van der Waals surface area (Å²) in [4.78, 5) is 0. The molecule has 0 spiro atoms. The molecule has 1 unspecified atom stereocenters. The third-order valence-corrected chi connectivity index (χ3v) is 2.30. The lowest BCUT2D eigenvalue weighted by Crippen LogP contribution is -2.14. The van der Waals surface area contributed by atoms with E-state index in [0.717, 1.165) is 23.4 Å². The van der Waals surface area contributed by atoms with E-state index in [2.05, 4.69) is 18.8 Å². The first-order chi connectivity index (χ1) is 6.65. The van der Waals surface area contributed by atoms with Gasteiger partial charge in [0, 0.05) is 17.4 Å². The lowest BCUT2D eigenvalue weighted by Gasteiger charge is -2.16. The summed E-state index contributed by atoms with van der Waals surface area (Å²) in [7, 11) is 0. The molecule has 1 rings (SSSR count). The molecule has 0 saturated carbocycles. The molecule has 2 heteroatoms. The van der Waals surface area contributed by atoms with Crippen LogP contribution in [0.15, 0.2) is 30.9 Å². The quantitative estimate of drug-likeness (QED) is 0.566. The van der Waals surface area contributed by atoms with Gasteiger partial charge in [-0.15, -0.1) is 6.58 Å². The van der Waals surface area contributed by atoms with Gasteiger partial charge in [-0.3, -0.25) is 0 Å². The molecule has 3 N–H and O–H groups in total. The van der Waals surface area contributed by atoms with E-state index in [9.17, 15) is 0 Å². The van der Waals surface area contributed by atoms with Crippen molar-refractivity contribution in [1.82, 2.24) is 0 Å². The number of anilines is 2. The minimum atomic E-state index is 0.396. The number of nitrogen functional groups attached to an aromatic ring is 1. The van der Waals surface area contributed by atoms with Gasteiger partial charge < -0.3 is 11.1 Å². The van der Waals surface area contributed by atoms with Crippen molar-refractivity contribution < 1.29 is 0 Å². The molecule has 14 heavy (non-hydrogen) atoms. The Kier molecular flexibility index (Phi) is 3.57. The van der Waals surface area contributed by atoms with Gasteiger partial charge in [0.2, 0.25) is 0 Å². The summed E-state index contributed by atoms with van der Waals surface area (Å²) >= 11 is 0. The van der Waals surface area contributed by atoms with Crippen LogP contribution in [0.2, 0.25) is 0 Å². The van der Waals surface area contributed by atoms with Crippen molar-refractivity contribution in [1.29, 1.82) is 0 Å². The predicted octanol–water partition coefficient (Wildman–Crippen LogP) is 2.95. The summed E-state index contributed by atoms with van der Waals surface area (Å²) in [6.45, 7) is 7.87. The Bertz CT molecular complexity index is 318. The SMILES string of the molecule is C=CCC(C)Nc1cccc(N)c1C. The maximum absolute atomic E-state index is 5.81. The second-order valence-corrected chi connectivity index (χ2v) is 3.59. The first-order valence-electron chi connectivity index (χ1n) is 4.87. The molecule has 1 aromatic rings. The van der Waals surface area contributed by atoms with Gasteiger partial charge in [-0.2, -0.15) is 0 Å². The van der Waals surface area contributed by atoms with E-state index in [1.54, 1.807) is 0 Å². The zero-order chi connectivity index (χ0) is 10.6. The van der Waals surface area contributed by atoms with Crippen molar-refractivity contribution in [3.05, 3.63) is 36.4 Å². The lowest BCUT2D eigenvalue weighted by molar-refractivity contribution is 0.813. The van der Waals surface area contributed by atoms with Gasteiger partial charge in [0.15, 0.2) is 0 Å². The summed E-state index contributed by atoms with van der Waals surface area (Å²) in [5, 5.41) is 3.40. The highest BCUT2D eigenvalue weighted by Gasteiger charge is 2.03. The second kappa shape index (κ2) is 4.70. The van der Waals surface area contributed by atoms with Gasteiger partial charge in [0.05, 0.1) is 0 Å². The van der Waals surface area contributed by atoms with Crippen LogP contribution < -0.4 is 11.1 Å². The minimum Gasteiger partial charge on any atom is -0.398 e. The number of nitrogens with one attached hydrogen (secondary N) is 1. The number of nitrogens with two attached hydrogens (primary N) is 1. The second-order valence-electron chi connectivity index (χ2n) is 3.59. The first kappa shape index (κ1) is 10.6. The van der Waals surface area contributed by atoms with Gasteiger partial charge in [-0.05, 0) is 38.0 Å². The fraction of sp³-hybridized carbons (Fsp3) is 0.333. The van der Waals surface area contributed by atoms with E-state index in [0.29, 0.717) is 6.04 Å². The number of hydrogen-bond acceptors (Lipinski definition) is 2. The number of benzene rings is 1.